The standard InChI is InChI=1S/C29H38N2O6Si/c1-7-15-31-24-13-8-20(30-27(34)19(3)33)17-23(24)29(28(31)35)18(2)26(25(37-29)14-16-32)38(5,6)22-11-9-21(36-4)10-12-22/h7-13,17-19,25-26,32-33H,1,14-16H2,2-6H3,(H,30,34)/t18-,19-,25+,26-,29+/m0/s1. The van der Waals surface area contributed by atoms with E-state index in [1.807, 2.05) is 12.1 Å². The first kappa shape index (κ1) is 28.0. The summed E-state index contributed by atoms with van der Waals surface area (Å²) in [6.45, 7) is 12.1. The minimum Gasteiger partial charge on any atom is -0.497 e. The number of amides is 2. The number of carbonyl (C=O) groups is 2. The fourth-order valence-electron chi connectivity index (χ4n) is 6.35. The summed E-state index contributed by atoms with van der Waals surface area (Å²) in [6, 6.07) is 13.4. The number of rotatable bonds is 9. The molecule has 38 heavy (non-hydrogen) atoms. The Labute approximate surface area is 225 Å². The zero-order chi connectivity index (χ0) is 27.8. The fourth-order valence-corrected chi connectivity index (χ4v) is 10.4. The number of methoxy groups -OCH3 is 1. The quantitative estimate of drug-likeness (QED) is 0.334. The summed E-state index contributed by atoms with van der Waals surface area (Å²) < 4.78 is 12.2. The monoisotopic (exact) mass is 538 g/mol. The van der Waals surface area contributed by atoms with Gasteiger partial charge in [-0.25, -0.2) is 0 Å². The Morgan fingerprint density at radius 2 is 1.97 bits per heavy atom. The second-order valence-electron chi connectivity index (χ2n) is 10.8. The van der Waals surface area contributed by atoms with Crippen LogP contribution in [0.25, 0.3) is 0 Å². The minimum atomic E-state index is -2.27. The van der Waals surface area contributed by atoms with Crippen molar-refractivity contribution in [1.29, 1.82) is 0 Å². The molecule has 2 aliphatic rings. The molecule has 1 fully saturated rings. The molecule has 9 heteroatoms. The van der Waals surface area contributed by atoms with Crippen LogP contribution in [-0.4, -0.2) is 62.6 Å². The average molecular weight is 539 g/mol. The van der Waals surface area contributed by atoms with Crippen LogP contribution in [0.1, 0.15) is 25.8 Å². The van der Waals surface area contributed by atoms with Crippen molar-refractivity contribution in [3.05, 3.63) is 60.7 Å². The lowest BCUT2D eigenvalue weighted by Crippen LogP contribution is -2.51. The Hall–Kier alpha value is -2.98. The lowest BCUT2D eigenvalue weighted by atomic mass is 9.82. The van der Waals surface area contributed by atoms with E-state index >= 15 is 0 Å². The molecule has 0 unspecified atom stereocenters. The first-order chi connectivity index (χ1) is 18.0. The Morgan fingerprint density at radius 3 is 2.55 bits per heavy atom. The zero-order valence-electron chi connectivity index (χ0n) is 22.7. The van der Waals surface area contributed by atoms with Gasteiger partial charge in [0.25, 0.3) is 11.8 Å². The van der Waals surface area contributed by atoms with Gasteiger partial charge in [-0.05, 0) is 49.2 Å². The van der Waals surface area contributed by atoms with Crippen molar-refractivity contribution in [2.45, 2.75) is 56.7 Å². The zero-order valence-corrected chi connectivity index (χ0v) is 23.7. The van der Waals surface area contributed by atoms with Crippen LogP contribution in [0.3, 0.4) is 0 Å². The van der Waals surface area contributed by atoms with Crippen molar-refractivity contribution >= 4 is 36.4 Å². The summed E-state index contributed by atoms with van der Waals surface area (Å²) in [5.41, 5.74) is 0.617. The number of ether oxygens (including phenoxy) is 2. The molecule has 8 nitrogen and oxygen atoms in total. The van der Waals surface area contributed by atoms with Gasteiger partial charge in [-0.15, -0.1) is 6.58 Å². The largest absolute Gasteiger partial charge is 0.497 e. The maximum atomic E-state index is 14.2. The molecule has 0 aromatic heterocycles. The lowest BCUT2D eigenvalue weighted by molar-refractivity contribution is -0.146. The molecule has 2 aromatic rings. The summed E-state index contributed by atoms with van der Waals surface area (Å²) in [5, 5.41) is 23.6. The van der Waals surface area contributed by atoms with E-state index in [0.717, 1.165) is 5.75 Å². The Balaban J connectivity index is 1.84. The smallest absolute Gasteiger partial charge is 0.264 e. The third kappa shape index (κ3) is 4.47. The molecule has 0 radical (unpaired) electrons. The second kappa shape index (κ2) is 10.6. The van der Waals surface area contributed by atoms with Crippen molar-refractivity contribution in [2.24, 2.45) is 5.92 Å². The molecule has 1 saturated heterocycles. The Bertz CT molecular complexity index is 1210. The molecule has 0 saturated carbocycles. The van der Waals surface area contributed by atoms with Crippen molar-refractivity contribution in [2.75, 3.05) is 30.5 Å². The highest BCUT2D eigenvalue weighted by molar-refractivity contribution is 6.91. The van der Waals surface area contributed by atoms with Crippen molar-refractivity contribution in [3.63, 3.8) is 0 Å². The Kier molecular flexibility index (Phi) is 7.85. The van der Waals surface area contributed by atoms with E-state index in [1.165, 1.54) is 12.1 Å². The number of aliphatic hydroxyl groups is 2. The maximum absolute atomic E-state index is 14.2. The van der Waals surface area contributed by atoms with Gasteiger partial charge in [0.05, 0.1) is 27.0 Å². The normalized spacial score (nSPS) is 25.4. The van der Waals surface area contributed by atoms with Crippen LogP contribution >= 0.6 is 0 Å². The van der Waals surface area contributed by atoms with Crippen molar-refractivity contribution in [3.8, 4) is 5.75 Å². The van der Waals surface area contributed by atoms with E-state index in [9.17, 15) is 19.8 Å². The summed E-state index contributed by atoms with van der Waals surface area (Å²) in [5.74, 6) is -0.129. The molecule has 3 N–H and O–H groups in total. The molecule has 1 spiro atoms. The van der Waals surface area contributed by atoms with Gasteiger partial charge < -0.3 is 29.9 Å². The summed E-state index contributed by atoms with van der Waals surface area (Å²) >= 11 is 0. The number of benzene rings is 2. The third-order valence-electron chi connectivity index (χ3n) is 8.21. The molecular formula is C29H38N2O6Si. The molecular weight excluding hydrogens is 500 g/mol. The average Bonchev–Trinajstić information content (AvgIpc) is 3.31. The van der Waals surface area contributed by atoms with Gasteiger partial charge in [-0.1, -0.05) is 43.4 Å². The highest BCUT2D eigenvalue weighted by Crippen LogP contribution is 2.60. The van der Waals surface area contributed by atoms with Gasteiger partial charge in [0, 0.05) is 30.3 Å². The molecule has 0 aliphatic carbocycles. The van der Waals surface area contributed by atoms with E-state index in [1.54, 1.807) is 36.3 Å². The molecule has 2 amide bonds. The summed E-state index contributed by atoms with van der Waals surface area (Å²) in [6.07, 6.45) is 0.580. The van der Waals surface area contributed by atoms with E-state index in [4.69, 9.17) is 9.47 Å². The van der Waals surface area contributed by atoms with Gasteiger partial charge in [-0.2, -0.15) is 0 Å². The number of fused-ring (bicyclic) bond motifs is 2. The predicted octanol–water partition coefficient (Wildman–Crippen LogP) is 3.15. The van der Waals surface area contributed by atoms with Crippen LogP contribution in [0.5, 0.6) is 5.75 Å². The lowest BCUT2D eigenvalue weighted by Gasteiger charge is -2.37. The van der Waals surface area contributed by atoms with Crippen LogP contribution in [0, 0.1) is 5.92 Å². The highest BCUT2D eigenvalue weighted by Gasteiger charge is 2.66. The topological polar surface area (TPSA) is 108 Å². The highest BCUT2D eigenvalue weighted by atomic mass is 28.3. The molecule has 5 atom stereocenters. The van der Waals surface area contributed by atoms with E-state index in [2.05, 4.69) is 44.0 Å². The number of aliphatic hydroxyl groups excluding tert-OH is 2. The molecule has 2 aromatic carbocycles. The number of hydrogen-bond donors (Lipinski definition) is 3. The van der Waals surface area contributed by atoms with Gasteiger partial charge in [0.2, 0.25) is 0 Å². The second-order valence-corrected chi connectivity index (χ2v) is 15.5. The predicted molar refractivity (Wildman–Crippen MR) is 151 cm³/mol. The number of hydrogen-bond acceptors (Lipinski definition) is 6. The van der Waals surface area contributed by atoms with E-state index in [0.29, 0.717) is 29.9 Å². The van der Waals surface area contributed by atoms with Gasteiger partial charge in [-0.3, -0.25) is 9.59 Å². The molecule has 2 aliphatic heterocycles. The van der Waals surface area contributed by atoms with Gasteiger partial charge in [0.1, 0.15) is 11.9 Å². The number of carbonyl (C=O) groups excluding carboxylic acids is 2. The van der Waals surface area contributed by atoms with Crippen LogP contribution in [0.2, 0.25) is 18.6 Å². The Morgan fingerprint density at radius 1 is 1.29 bits per heavy atom. The van der Waals surface area contributed by atoms with Crippen molar-refractivity contribution < 1.29 is 29.3 Å². The van der Waals surface area contributed by atoms with Crippen LogP contribution in [-0.2, 0) is 19.9 Å². The van der Waals surface area contributed by atoms with Gasteiger partial charge >= 0.3 is 0 Å². The molecule has 204 valence electrons. The minimum absolute atomic E-state index is 0.0132. The molecule has 2 heterocycles. The number of nitrogens with zero attached hydrogens (tertiary/aromatic N) is 1. The van der Waals surface area contributed by atoms with Crippen LogP contribution in [0.15, 0.2) is 55.1 Å². The van der Waals surface area contributed by atoms with Crippen LogP contribution in [0.4, 0.5) is 11.4 Å². The van der Waals surface area contributed by atoms with E-state index < -0.39 is 25.7 Å². The van der Waals surface area contributed by atoms with Crippen molar-refractivity contribution in [1.82, 2.24) is 0 Å². The maximum Gasteiger partial charge on any atom is 0.264 e. The van der Waals surface area contributed by atoms with Crippen LogP contribution < -0.4 is 20.1 Å². The first-order valence-electron chi connectivity index (χ1n) is 13.0. The number of nitrogens with one attached hydrogen (secondary N) is 1. The molecule has 4 rings (SSSR count). The van der Waals surface area contributed by atoms with E-state index in [-0.39, 0.29) is 30.1 Å². The summed E-state index contributed by atoms with van der Waals surface area (Å²) in [4.78, 5) is 28.1. The summed E-state index contributed by atoms with van der Waals surface area (Å²) in [7, 11) is -0.630. The third-order valence-corrected chi connectivity index (χ3v) is 12.6. The first-order valence-corrected chi connectivity index (χ1v) is 16.1. The number of anilines is 2. The van der Waals surface area contributed by atoms with Gasteiger partial charge in [0.15, 0.2) is 5.60 Å². The fraction of sp³-hybridized carbons (Fsp3) is 0.448. The SMILES string of the molecule is C=CCN1C(=O)[C@]2(O[C@H](CCO)[C@@H]([Si](C)(C)c3ccc(OC)cc3)[C@@H]2C)c2cc(NC(=O)[C@H](C)O)ccc21. The molecule has 0 bridgehead atoms.